The molecule has 1 N–H and O–H groups in total. The van der Waals surface area contributed by atoms with Crippen molar-refractivity contribution in [3.63, 3.8) is 0 Å². The molecule has 0 spiro atoms. The van der Waals surface area contributed by atoms with E-state index in [2.05, 4.69) is 5.32 Å². The van der Waals surface area contributed by atoms with Gasteiger partial charge in [0.1, 0.15) is 12.6 Å². The second-order valence-corrected chi connectivity index (χ2v) is 6.22. The Morgan fingerprint density at radius 3 is 2.74 bits per heavy atom. The highest BCUT2D eigenvalue weighted by atomic mass is 16.5. The normalized spacial score (nSPS) is 18.8. The van der Waals surface area contributed by atoms with Gasteiger partial charge in [0.2, 0.25) is 11.8 Å². The van der Waals surface area contributed by atoms with Gasteiger partial charge in [-0.25, -0.2) is 0 Å². The number of benzene rings is 1. The maximum Gasteiger partial charge on any atom is 0.246 e. The topological polar surface area (TPSA) is 58.6 Å². The first-order chi connectivity index (χ1) is 11.1. The smallest absolute Gasteiger partial charge is 0.246 e. The maximum absolute atomic E-state index is 12.5. The molecule has 23 heavy (non-hydrogen) atoms. The monoisotopic (exact) mass is 318 g/mol. The van der Waals surface area contributed by atoms with Crippen molar-refractivity contribution in [3.8, 4) is 0 Å². The molecule has 1 atom stereocenters. The summed E-state index contributed by atoms with van der Waals surface area (Å²) in [5.74, 6) is -0.209. The fourth-order valence-corrected chi connectivity index (χ4v) is 2.78. The number of rotatable bonds is 6. The zero-order valence-electron chi connectivity index (χ0n) is 14.0. The lowest BCUT2D eigenvalue weighted by atomic mass is 10.1. The molecule has 1 saturated heterocycles. The van der Waals surface area contributed by atoms with E-state index in [9.17, 15) is 9.59 Å². The first-order valence-electron chi connectivity index (χ1n) is 8.29. The van der Waals surface area contributed by atoms with Crippen molar-refractivity contribution in [2.75, 3.05) is 13.2 Å². The van der Waals surface area contributed by atoms with E-state index in [1.807, 2.05) is 49.1 Å². The van der Waals surface area contributed by atoms with Crippen molar-refractivity contribution < 1.29 is 14.3 Å². The zero-order valence-corrected chi connectivity index (χ0v) is 14.0. The van der Waals surface area contributed by atoms with Crippen molar-refractivity contribution in [1.29, 1.82) is 0 Å². The first kappa shape index (κ1) is 17.5. The molecule has 2 rings (SSSR count). The Labute approximate surface area is 138 Å². The van der Waals surface area contributed by atoms with Crippen LogP contribution < -0.4 is 5.32 Å². The van der Waals surface area contributed by atoms with Crippen LogP contribution in [0.15, 0.2) is 30.3 Å². The second-order valence-electron chi connectivity index (χ2n) is 6.22. The molecule has 0 aromatic heterocycles. The average Bonchev–Trinajstić information content (AvgIpc) is 2.71. The van der Waals surface area contributed by atoms with Crippen LogP contribution in [0.1, 0.15) is 38.7 Å². The van der Waals surface area contributed by atoms with Crippen molar-refractivity contribution in [1.82, 2.24) is 10.2 Å². The van der Waals surface area contributed by atoms with Gasteiger partial charge >= 0.3 is 0 Å². The van der Waals surface area contributed by atoms with E-state index in [0.717, 1.165) is 24.9 Å². The molecule has 5 heteroatoms. The van der Waals surface area contributed by atoms with E-state index in [0.29, 0.717) is 13.0 Å². The SMILES string of the molecule is CC(C)N1CCCCC(NC(=O)COCc2ccccc2)C1=O. The van der Waals surface area contributed by atoms with E-state index in [4.69, 9.17) is 4.74 Å². The van der Waals surface area contributed by atoms with Crippen molar-refractivity contribution in [2.24, 2.45) is 0 Å². The maximum atomic E-state index is 12.5. The first-order valence-corrected chi connectivity index (χ1v) is 8.29. The Bertz CT molecular complexity index is 516. The van der Waals surface area contributed by atoms with Crippen LogP contribution in [0.5, 0.6) is 0 Å². The standard InChI is InChI=1S/C18H26N2O3/c1-14(2)20-11-7-6-10-16(18(20)22)19-17(21)13-23-12-15-8-4-3-5-9-15/h3-5,8-9,14,16H,6-7,10-13H2,1-2H3,(H,19,21). The molecule has 2 amide bonds. The molecule has 5 nitrogen and oxygen atoms in total. The fraction of sp³-hybridized carbons (Fsp3) is 0.556. The molecule has 126 valence electrons. The third kappa shape index (κ3) is 5.36. The van der Waals surface area contributed by atoms with Crippen LogP contribution in [-0.2, 0) is 20.9 Å². The van der Waals surface area contributed by atoms with Crippen molar-refractivity contribution in [2.45, 2.75) is 51.8 Å². The lowest BCUT2D eigenvalue weighted by molar-refractivity contribution is -0.138. The summed E-state index contributed by atoms with van der Waals surface area (Å²) in [7, 11) is 0. The van der Waals surface area contributed by atoms with Gasteiger partial charge in [-0.05, 0) is 38.7 Å². The molecule has 1 aromatic carbocycles. The summed E-state index contributed by atoms with van der Waals surface area (Å²) in [5, 5.41) is 2.82. The highest BCUT2D eigenvalue weighted by molar-refractivity contribution is 5.88. The molecular formula is C18H26N2O3. The lowest BCUT2D eigenvalue weighted by Crippen LogP contribution is -2.50. The van der Waals surface area contributed by atoms with E-state index < -0.39 is 6.04 Å². The number of nitrogens with zero attached hydrogens (tertiary/aromatic N) is 1. The molecule has 0 bridgehead atoms. The third-order valence-corrected chi connectivity index (χ3v) is 4.03. The minimum absolute atomic E-state index is 0.0221. The van der Waals surface area contributed by atoms with Crippen LogP contribution in [0.3, 0.4) is 0 Å². The molecule has 0 radical (unpaired) electrons. The number of nitrogens with one attached hydrogen (secondary N) is 1. The summed E-state index contributed by atoms with van der Waals surface area (Å²) >= 11 is 0. The predicted octanol–water partition coefficient (Wildman–Crippen LogP) is 2.11. The third-order valence-electron chi connectivity index (χ3n) is 4.03. The summed E-state index contributed by atoms with van der Waals surface area (Å²) in [5.41, 5.74) is 1.02. The minimum atomic E-state index is -0.423. The van der Waals surface area contributed by atoms with Crippen LogP contribution in [-0.4, -0.2) is 41.9 Å². The summed E-state index contributed by atoms with van der Waals surface area (Å²) in [4.78, 5) is 26.4. The van der Waals surface area contributed by atoms with E-state index in [-0.39, 0.29) is 24.5 Å². The Morgan fingerprint density at radius 2 is 2.04 bits per heavy atom. The van der Waals surface area contributed by atoms with Gasteiger partial charge in [0.15, 0.2) is 0 Å². The molecule has 0 saturated carbocycles. The quantitative estimate of drug-likeness (QED) is 0.874. The Kier molecular flexibility index (Phi) is 6.59. The molecule has 1 aliphatic rings. The minimum Gasteiger partial charge on any atom is -0.367 e. The van der Waals surface area contributed by atoms with E-state index >= 15 is 0 Å². The van der Waals surface area contributed by atoms with Gasteiger partial charge in [0, 0.05) is 12.6 Å². The van der Waals surface area contributed by atoms with E-state index in [1.54, 1.807) is 0 Å². The number of ether oxygens (including phenoxy) is 1. The number of likely N-dealkylation sites (tertiary alicyclic amines) is 1. The summed E-state index contributed by atoms with van der Waals surface area (Å²) < 4.78 is 5.43. The van der Waals surface area contributed by atoms with Gasteiger partial charge < -0.3 is 15.0 Å². The molecule has 1 fully saturated rings. The summed E-state index contributed by atoms with van der Waals surface area (Å²) in [6.07, 6.45) is 2.64. The number of carbonyl (C=O) groups excluding carboxylic acids is 2. The highest BCUT2D eigenvalue weighted by Gasteiger charge is 2.29. The van der Waals surface area contributed by atoms with Gasteiger partial charge in [0.05, 0.1) is 6.61 Å². The Morgan fingerprint density at radius 1 is 1.30 bits per heavy atom. The van der Waals surface area contributed by atoms with Crippen LogP contribution in [0.2, 0.25) is 0 Å². The molecule has 1 aliphatic heterocycles. The van der Waals surface area contributed by atoms with Gasteiger partial charge in [-0.1, -0.05) is 30.3 Å². The van der Waals surface area contributed by atoms with Crippen molar-refractivity contribution >= 4 is 11.8 Å². The zero-order chi connectivity index (χ0) is 16.7. The second kappa shape index (κ2) is 8.67. The largest absolute Gasteiger partial charge is 0.367 e. The number of hydrogen-bond donors (Lipinski definition) is 1. The summed E-state index contributed by atoms with van der Waals surface area (Å²) in [6, 6.07) is 9.45. The molecule has 1 aromatic rings. The Hall–Kier alpha value is -1.88. The number of hydrogen-bond acceptors (Lipinski definition) is 3. The van der Waals surface area contributed by atoms with Crippen LogP contribution in [0.4, 0.5) is 0 Å². The lowest BCUT2D eigenvalue weighted by Gasteiger charge is -2.28. The van der Waals surface area contributed by atoms with Crippen molar-refractivity contribution in [3.05, 3.63) is 35.9 Å². The van der Waals surface area contributed by atoms with Crippen LogP contribution in [0, 0.1) is 0 Å². The highest BCUT2D eigenvalue weighted by Crippen LogP contribution is 2.14. The van der Waals surface area contributed by atoms with E-state index in [1.165, 1.54) is 0 Å². The average molecular weight is 318 g/mol. The predicted molar refractivity (Wildman–Crippen MR) is 88.7 cm³/mol. The molecule has 0 aliphatic carbocycles. The molecular weight excluding hydrogens is 292 g/mol. The summed E-state index contributed by atoms with van der Waals surface area (Å²) in [6.45, 7) is 5.15. The fourth-order valence-electron chi connectivity index (χ4n) is 2.78. The van der Waals surface area contributed by atoms with Gasteiger partial charge in [-0.2, -0.15) is 0 Å². The molecule has 1 unspecified atom stereocenters. The number of amides is 2. The van der Waals surface area contributed by atoms with Crippen LogP contribution >= 0.6 is 0 Å². The van der Waals surface area contributed by atoms with Gasteiger partial charge in [0.25, 0.3) is 0 Å². The number of carbonyl (C=O) groups is 2. The van der Waals surface area contributed by atoms with Gasteiger partial charge in [-0.3, -0.25) is 9.59 Å². The van der Waals surface area contributed by atoms with Gasteiger partial charge in [-0.15, -0.1) is 0 Å². The van der Waals surface area contributed by atoms with Crippen LogP contribution in [0.25, 0.3) is 0 Å². The Balaban J connectivity index is 1.80. The molecule has 1 heterocycles.